The van der Waals surface area contributed by atoms with Crippen LogP contribution < -0.4 is 10.0 Å². The lowest BCUT2D eigenvalue weighted by atomic mass is 10.1. The summed E-state index contributed by atoms with van der Waals surface area (Å²) in [5.74, 6) is 0. The van der Waals surface area contributed by atoms with Gasteiger partial charge in [-0.15, -0.1) is 11.3 Å². The highest BCUT2D eigenvalue weighted by atomic mass is 32.2. The molecule has 0 atom stereocenters. The Morgan fingerprint density at radius 3 is 2.59 bits per heavy atom. The lowest BCUT2D eigenvalue weighted by Gasteiger charge is -2.25. The first-order chi connectivity index (χ1) is 7.68. The molecule has 7 heteroatoms. The van der Waals surface area contributed by atoms with Crippen LogP contribution >= 0.6 is 11.3 Å². The van der Waals surface area contributed by atoms with E-state index in [1.807, 2.05) is 26.2 Å². The van der Waals surface area contributed by atoms with Gasteiger partial charge in [0.25, 0.3) is 0 Å². The molecule has 0 aliphatic carbocycles. The van der Waals surface area contributed by atoms with Gasteiger partial charge < -0.3 is 5.32 Å². The second kappa shape index (κ2) is 5.43. The Bertz CT molecular complexity index is 466. The van der Waals surface area contributed by atoms with Gasteiger partial charge in [-0.3, -0.25) is 0 Å². The monoisotopic (exact) mass is 277 g/mol. The lowest BCUT2D eigenvalue weighted by Crippen LogP contribution is -2.49. The number of hydrogen-bond donors (Lipinski definition) is 2. The first-order valence-electron chi connectivity index (χ1n) is 5.29. The van der Waals surface area contributed by atoms with Gasteiger partial charge in [-0.1, -0.05) is 0 Å². The fourth-order valence-electron chi connectivity index (χ4n) is 1.53. The number of aryl methyl sites for hydroxylation is 1. The van der Waals surface area contributed by atoms with Gasteiger partial charge >= 0.3 is 0 Å². The molecule has 0 aromatic carbocycles. The number of nitrogens with one attached hydrogen (secondary N) is 2. The number of sulfonamides is 1. The minimum absolute atomic E-state index is 0.501. The Labute approximate surface area is 107 Å². The minimum atomic E-state index is -3.18. The first kappa shape index (κ1) is 14.6. The van der Waals surface area contributed by atoms with Crippen LogP contribution in [-0.2, 0) is 16.6 Å². The first-order valence-corrected chi connectivity index (χ1v) is 8.06. The molecular formula is C10H19N3O2S2. The Morgan fingerprint density at radius 2 is 2.12 bits per heavy atom. The predicted molar refractivity (Wildman–Crippen MR) is 70.6 cm³/mol. The van der Waals surface area contributed by atoms with Crippen LogP contribution in [0.3, 0.4) is 0 Å². The van der Waals surface area contributed by atoms with E-state index in [0.717, 1.165) is 10.7 Å². The third-order valence-corrected chi connectivity index (χ3v) is 3.75. The molecule has 0 aliphatic heterocycles. The molecule has 0 saturated carbocycles. The molecule has 5 nitrogen and oxygen atoms in total. The summed E-state index contributed by atoms with van der Waals surface area (Å²) < 4.78 is 24.8. The van der Waals surface area contributed by atoms with Crippen LogP contribution in [0.15, 0.2) is 5.38 Å². The molecule has 0 aliphatic rings. The van der Waals surface area contributed by atoms with Crippen LogP contribution in [0.2, 0.25) is 0 Å². The van der Waals surface area contributed by atoms with Crippen molar-refractivity contribution in [3.05, 3.63) is 16.1 Å². The Balaban J connectivity index is 2.40. The summed E-state index contributed by atoms with van der Waals surface area (Å²) in [4.78, 5) is 4.32. The van der Waals surface area contributed by atoms with Crippen LogP contribution in [0.1, 0.15) is 24.5 Å². The van der Waals surface area contributed by atoms with Gasteiger partial charge in [0, 0.05) is 24.0 Å². The maximum absolute atomic E-state index is 11.1. The number of hydrogen-bond acceptors (Lipinski definition) is 5. The molecule has 0 radical (unpaired) electrons. The van der Waals surface area contributed by atoms with Crippen molar-refractivity contribution in [3.8, 4) is 0 Å². The molecule has 0 saturated heterocycles. The Kier molecular flexibility index (Phi) is 4.65. The molecule has 1 aromatic rings. The number of thiazole rings is 1. The standard InChI is InChI=1S/C10H19N3O2S2/c1-8-12-9(6-16-8)5-11-7-10(2,3)13-17(4,14)15/h6,11,13H,5,7H2,1-4H3. The summed E-state index contributed by atoms with van der Waals surface area (Å²) in [6, 6.07) is 0. The van der Waals surface area contributed by atoms with Crippen molar-refractivity contribution in [2.24, 2.45) is 0 Å². The van der Waals surface area contributed by atoms with Crippen molar-refractivity contribution in [1.82, 2.24) is 15.0 Å². The van der Waals surface area contributed by atoms with Gasteiger partial charge in [0.15, 0.2) is 0 Å². The van der Waals surface area contributed by atoms with E-state index < -0.39 is 15.6 Å². The van der Waals surface area contributed by atoms with Gasteiger partial charge in [0.05, 0.1) is 17.0 Å². The SMILES string of the molecule is Cc1nc(CNCC(C)(C)NS(C)(=O)=O)cs1. The average molecular weight is 277 g/mol. The van der Waals surface area contributed by atoms with E-state index in [9.17, 15) is 8.42 Å². The maximum atomic E-state index is 11.1. The van der Waals surface area contributed by atoms with E-state index in [0.29, 0.717) is 13.1 Å². The van der Waals surface area contributed by atoms with Crippen molar-refractivity contribution < 1.29 is 8.42 Å². The normalized spacial score (nSPS) is 12.9. The van der Waals surface area contributed by atoms with Crippen molar-refractivity contribution in [1.29, 1.82) is 0 Å². The molecule has 0 spiro atoms. The highest BCUT2D eigenvalue weighted by Gasteiger charge is 2.21. The van der Waals surface area contributed by atoms with E-state index in [2.05, 4.69) is 15.0 Å². The van der Waals surface area contributed by atoms with Gasteiger partial charge in [0.2, 0.25) is 10.0 Å². The lowest BCUT2D eigenvalue weighted by molar-refractivity contribution is 0.420. The zero-order valence-corrected chi connectivity index (χ0v) is 12.2. The largest absolute Gasteiger partial charge is 0.309 e. The molecule has 2 N–H and O–H groups in total. The summed E-state index contributed by atoms with van der Waals surface area (Å²) in [6.07, 6.45) is 1.17. The highest BCUT2D eigenvalue weighted by Crippen LogP contribution is 2.08. The third kappa shape index (κ3) is 6.11. The molecule has 0 unspecified atom stereocenters. The van der Waals surface area contributed by atoms with Crippen LogP contribution in [-0.4, -0.2) is 31.7 Å². The van der Waals surface area contributed by atoms with Gasteiger partial charge in [-0.25, -0.2) is 18.1 Å². The van der Waals surface area contributed by atoms with Crippen LogP contribution in [0, 0.1) is 6.92 Å². The molecule has 1 rings (SSSR count). The van der Waals surface area contributed by atoms with Crippen LogP contribution in [0.4, 0.5) is 0 Å². The summed E-state index contributed by atoms with van der Waals surface area (Å²) in [7, 11) is -3.18. The molecule has 0 amide bonds. The predicted octanol–water partition coefficient (Wildman–Crippen LogP) is 0.869. The molecule has 17 heavy (non-hydrogen) atoms. The van der Waals surface area contributed by atoms with E-state index >= 15 is 0 Å². The zero-order valence-electron chi connectivity index (χ0n) is 10.6. The Hall–Kier alpha value is -0.500. The summed E-state index contributed by atoms with van der Waals surface area (Å²) in [6.45, 7) is 6.85. The van der Waals surface area contributed by atoms with Gasteiger partial charge in [-0.2, -0.15) is 0 Å². The van der Waals surface area contributed by atoms with Crippen LogP contribution in [0.5, 0.6) is 0 Å². The number of aromatic nitrogens is 1. The molecule has 0 fully saturated rings. The molecular weight excluding hydrogens is 258 g/mol. The third-order valence-electron chi connectivity index (χ3n) is 2.00. The summed E-state index contributed by atoms with van der Waals surface area (Å²) in [5, 5.41) is 6.23. The Morgan fingerprint density at radius 1 is 1.47 bits per heavy atom. The maximum Gasteiger partial charge on any atom is 0.209 e. The second-order valence-corrected chi connectivity index (χ2v) is 7.53. The van der Waals surface area contributed by atoms with Gasteiger partial charge in [0.1, 0.15) is 0 Å². The van der Waals surface area contributed by atoms with E-state index in [1.165, 1.54) is 6.26 Å². The molecule has 98 valence electrons. The van der Waals surface area contributed by atoms with Crippen molar-refractivity contribution in [2.75, 3.05) is 12.8 Å². The van der Waals surface area contributed by atoms with Crippen molar-refractivity contribution >= 4 is 21.4 Å². The zero-order chi connectivity index (χ0) is 13.1. The number of nitrogens with zero attached hydrogens (tertiary/aromatic N) is 1. The van der Waals surface area contributed by atoms with E-state index in [4.69, 9.17) is 0 Å². The van der Waals surface area contributed by atoms with Crippen LogP contribution in [0.25, 0.3) is 0 Å². The van der Waals surface area contributed by atoms with E-state index in [-0.39, 0.29) is 0 Å². The fraction of sp³-hybridized carbons (Fsp3) is 0.700. The van der Waals surface area contributed by atoms with Crippen molar-refractivity contribution in [3.63, 3.8) is 0 Å². The number of rotatable bonds is 6. The molecule has 0 bridgehead atoms. The topological polar surface area (TPSA) is 71.1 Å². The summed E-state index contributed by atoms with van der Waals surface area (Å²) in [5.41, 5.74) is 0.487. The minimum Gasteiger partial charge on any atom is -0.309 e. The average Bonchev–Trinajstić information content (AvgIpc) is 2.46. The second-order valence-electron chi connectivity index (χ2n) is 4.72. The van der Waals surface area contributed by atoms with Gasteiger partial charge in [-0.05, 0) is 20.8 Å². The quantitative estimate of drug-likeness (QED) is 0.809. The van der Waals surface area contributed by atoms with E-state index in [1.54, 1.807) is 11.3 Å². The molecule has 1 heterocycles. The van der Waals surface area contributed by atoms with Crippen molar-refractivity contribution in [2.45, 2.75) is 32.9 Å². The smallest absolute Gasteiger partial charge is 0.209 e. The molecule has 1 aromatic heterocycles. The fourth-order valence-corrected chi connectivity index (χ4v) is 3.22. The summed E-state index contributed by atoms with van der Waals surface area (Å²) >= 11 is 1.61. The highest BCUT2D eigenvalue weighted by molar-refractivity contribution is 7.88.